The largest absolute Gasteiger partial charge is 0.480 e. The van der Waals surface area contributed by atoms with Crippen molar-refractivity contribution in [1.82, 2.24) is 10.0 Å². The first-order valence-electron chi connectivity index (χ1n) is 13.2. The van der Waals surface area contributed by atoms with Crippen LogP contribution in [0.4, 0.5) is 0 Å². The summed E-state index contributed by atoms with van der Waals surface area (Å²) in [5.41, 5.74) is 6.47. The minimum atomic E-state index is -3.55. The molecule has 0 saturated heterocycles. The van der Waals surface area contributed by atoms with Crippen molar-refractivity contribution in [1.29, 1.82) is 0 Å². The number of carboxylic acids is 1. The predicted octanol–water partition coefficient (Wildman–Crippen LogP) is 3.50. The summed E-state index contributed by atoms with van der Waals surface area (Å²) >= 11 is 0. The molecule has 0 heterocycles. The van der Waals surface area contributed by atoms with Crippen molar-refractivity contribution in [2.24, 2.45) is 23.5 Å². The first-order valence-corrected chi connectivity index (χ1v) is 14.7. The van der Waals surface area contributed by atoms with Crippen molar-refractivity contribution in [3.05, 3.63) is 42.0 Å². The maximum Gasteiger partial charge on any atom is 0.326 e. The molecule has 0 radical (unpaired) electrons. The van der Waals surface area contributed by atoms with Crippen LogP contribution in [0, 0.1) is 24.7 Å². The van der Waals surface area contributed by atoms with Crippen LogP contribution in [0.25, 0.3) is 0 Å². The van der Waals surface area contributed by atoms with Gasteiger partial charge in [-0.15, -0.1) is 0 Å². The Morgan fingerprint density at radius 3 is 2.53 bits per heavy atom. The van der Waals surface area contributed by atoms with Crippen molar-refractivity contribution >= 4 is 21.9 Å². The molecule has 5 unspecified atom stereocenters. The molecular formula is C27H41N3O5S. The molecule has 1 aromatic carbocycles. The zero-order chi connectivity index (χ0) is 26.1. The summed E-state index contributed by atoms with van der Waals surface area (Å²) in [5, 5.41) is 11.9. The zero-order valence-electron chi connectivity index (χ0n) is 21.2. The van der Waals surface area contributed by atoms with Crippen molar-refractivity contribution < 1.29 is 23.1 Å². The van der Waals surface area contributed by atoms with E-state index in [0.717, 1.165) is 44.1 Å². The lowest BCUT2D eigenvalue weighted by Crippen LogP contribution is -2.43. The van der Waals surface area contributed by atoms with Gasteiger partial charge in [-0.1, -0.05) is 29.8 Å². The lowest BCUT2D eigenvalue weighted by Gasteiger charge is -2.31. The number of sulfonamides is 1. The summed E-state index contributed by atoms with van der Waals surface area (Å²) in [6.07, 6.45) is 11.7. The van der Waals surface area contributed by atoms with E-state index in [1.165, 1.54) is 0 Å². The van der Waals surface area contributed by atoms with Gasteiger partial charge in [0.1, 0.15) is 6.04 Å². The van der Waals surface area contributed by atoms with E-state index in [-0.39, 0.29) is 24.3 Å². The number of allylic oxidation sites excluding steroid dienone is 2. The van der Waals surface area contributed by atoms with Gasteiger partial charge in [0.2, 0.25) is 15.9 Å². The SMILES string of the molecule is Cc1ccc(S(=O)(=O)NC2C3CCC(C3)C2C/C=C\CCCC(=O)NC(CCCCN)C(=O)O)cc1. The van der Waals surface area contributed by atoms with Gasteiger partial charge in [-0.05, 0) is 101 Å². The molecule has 2 bridgehead atoms. The molecule has 1 amide bonds. The summed E-state index contributed by atoms with van der Waals surface area (Å²) in [4.78, 5) is 23.8. The highest BCUT2D eigenvalue weighted by Crippen LogP contribution is 2.50. The molecule has 36 heavy (non-hydrogen) atoms. The number of fused-ring (bicyclic) bond motifs is 2. The monoisotopic (exact) mass is 519 g/mol. The third-order valence-corrected chi connectivity index (χ3v) is 9.12. The molecule has 0 aromatic heterocycles. The van der Waals surface area contributed by atoms with Gasteiger partial charge < -0.3 is 16.2 Å². The Labute approximate surface area is 215 Å². The number of hydrogen-bond donors (Lipinski definition) is 4. The molecule has 0 spiro atoms. The van der Waals surface area contributed by atoms with Crippen LogP contribution in [0.15, 0.2) is 41.3 Å². The number of amides is 1. The van der Waals surface area contributed by atoms with Crippen molar-refractivity contribution in [3.63, 3.8) is 0 Å². The Kier molecular flexibility index (Phi) is 10.5. The second-order valence-electron chi connectivity index (χ2n) is 10.3. The molecule has 2 saturated carbocycles. The third-order valence-electron chi connectivity index (χ3n) is 7.64. The third kappa shape index (κ3) is 7.88. The lowest BCUT2D eigenvalue weighted by atomic mass is 9.83. The summed E-state index contributed by atoms with van der Waals surface area (Å²) in [5.74, 6) is -0.0398. The highest BCUT2D eigenvalue weighted by Gasteiger charge is 2.48. The zero-order valence-corrected chi connectivity index (χ0v) is 22.0. The highest BCUT2D eigenvalue weighted by atomic mass is 32.2. The Bertz CT molecular complexity index is 1010. The van der Waals surface area contributed by atoms with Crippen molar-refractivity contribution in [2.75, 3.05) is 6.54 Å². The van der Waals surface area contributed by atoms with E-state index in [4.69, 9.17) is 5.73 Å². The highest BCUT2D eigenvalue weighted by molar-refractivity contribution is 7.89. The van der Waals surface area contributed by atoms with E-state index in [1.807, 2.05) is 19.1 Å². The van der Waals surface area contributed by atoms with Gasteiger partial charge in [0.15, 0.2) is 0 Å². The maximum absolute atomic E-state index is 13.0. The molecule has 0 aliphatic heterocycles. The van der Waals surface area contributed by atoms with Crippen molar-refractivity contribution in [3.8, 4) is 0 Å². The van der Waals surface area contributed by atoms with E-state index < -0.39 is 22.0 Å². The van der Waals surface area contributed by atoms with Crippen LogP contribution in [0.3, 0.4) is 0 Å². The Morgan fingerprint density at radius 2 is 1.83 bits per heavy atom. The number of rotatable bonds is 15. The summed E-state index contributed by atoms with van der Waals surface area (Å²) < 4.78 is 29.0. The van der Waals surface area contributed by atoms with Gasteiger partial charge in [-0.2, -0.15) is 0 Å². The Morgan fingerprint density at radius 1 is 1.11 bits per heavy atom. The van der Waals surface area contributed by atoms with E-state index in [9.17, 15) is 23.1 Å². The van der Waals surface area contributed by atoms with E-state index in [0.29, 0.717) is 42.5 Å². The Hall–Kier alpha value is -2.23. The van der Waals surface area contributed by atoms with Crippen molar-refractivity contribution in [2.45, 2.75) is 88.1 Å². The molecule has 200 valence electrons. The molecule has 9 heteroatoms. The predicted molar refractivity (Wildman–Crippen MR) is 140 cm³/mol. The number of nitrogens with two attached hydrogens (primary N) is 1. The number of aryl methyl sites for hydroxylation is 1. The fourth-order valence-electron chi connectivity index (χ4n) is 5.67. The summed E-state index contributed by atoms with van der Waals surface area (Å²) in [6.45, 7) is 2.44. The number of carboxylic acid groups (broad SMARTS) is 1. The minimum Gasteiger partial charge on any atom is -0.480 e. The number of hydrogen-bond acceptors (Lipinski definition) is 5. The first kappa shape index (κ1) is 28.3. The second-order valence-corrected chi connectivity index (χ2v) is 12.0. The van der Waals surface area contributed by atoms with Gasteiger partial charge in [0.05, 0.1) is 4.90 Å². The van der Waals surface area contributed by atoms with Crippen LogP contribution >= 0.6 is 0 Å². The van der Waals surface area contributed by atoms with Gasteiger partial charge in [0, 0.05) is 12.5 Å². The minimum absolute atomic E-state index is 0.0438. The van der Waals surface area contributed by atoms with Crippen LogP contribution < -0.4 is 15.8 Å². The van der Waals surface area contributed by atoms with Crippen LogP contribution in [0.5, 0.6) is 0 Å². The Balaban J connectivity index is 1.44. The number of benzene rings is 1. The van der Waals surface area contributed by atoms with E-state index in [2.05, 4.69) is 22.2 Å². The molecular weight excluding hydrogens is 478 g/mol. The molecule has 2 aliphatic rings. The normalized spacial score (nSPS) is 24.3. The van der Waals surface area contributed by atoms with Gasteiger partial charge in [0.25, 0.3) is 0 Å². The second kappa shape index (κ2) is 13.4. The fraction of sp³-hybridized carbons (Fsp3) is 0.630. The van der Waals surface area contributed by atoms with Crippen LogP contribution in [-0.4, -0.2) is 44.0 Å². The molecule has 2 aliphatic carbocycles. The standard InChI is InChI=1S/C27H41N3O5S/c1-19-11-15-22(16-12-19)36(34,35)30-26-21-14-13-20(18-21)23(26)8-4-2-3-5-10-25(31)29-24(27(32)33)9-6-7-17-28/h2,4,11-12,15-16,20-21,23-24,26,30H,3,5-10,13-14,17-18,28H2,1H3,(H,29,31)(H,32,33)/b4-2-. The molecule has 3 rings (SSSR count). The lowest BCUT2D eigenvalue weighted by molar-refractivity contribution is -0.142. The van der Waals surface area contributed by atoms with E-state index in [1.54, 1.807) is 12.1 Å². The van der Waals surface area contributed by atoms with Gasteiger partial charge >= 0.3 is 5.97 Å². The maximum atomic E-state index is 13.0. The quantitative estimate of drug-likeness (QED) is 0.207. The molecule has 5 N–H and O–H groups in total. The number of nitrogens with one attached hydrogen (secondary N) is 2. The van der Waals surface area contributed by atoms with Crippen LogP contribution in [-0.2, 0) is 19.6 Å². The van der Waals surface area contributed by atoms with Crippen LogP contribution in [0.1, 0.15) is 69.8 Å². The average molecular weight is 520 g/mol. The van der Waals surface area contributed by atoms with Gasteiger partial charge in [-0.25, -0.2) is 17.9 Å². The summed E-state index contributed by atoms with van der Waals surface area (Å²) in [6, 6.07) is 6.05. The number of carbonyl (C=O) groups is 2. The number of aliphatic carboxylic acids is 1. The average Bonchev–Trinajstić information content (AvgIpc) is 3.43. The number of carbonyl (C=O) groups excluding carboxylic acids is 1. The van der Waals surface area contributed by atoms with Gasteiger partial charge in [-0.3, -0.25) is 4.79 Å². The molecule has 5 atom stereocenters. The number of unbranched alkanes of at least 4 members (excludes halogenated alkanes) is 2. The molecule has 2 fully saturated rings. The van der Waals surface area contributed by atoms with E-state index >= 15 is 0 Å². The fourth-order valence-corrected chi connectivity index (χ4v) is 7.02. The molecule has 8 nitrogen and oxygen atoms in total. The summed E-state index contributed by atoms with van der Waals surface area (Å²) in [7, 11) is -3.55. The first-order chi connectivity index (χ1) is 17.2. The molecule has 1 aromatic rings. The smallest absolute Gasteiger partial charge is 0.326 e. The topological polar surface area (TPSA) is 139 Å². The van der Waals surface area contributed by atoms with Crippen LogP contribution in [0.2, 0.25) is 0 Å².